The Morgan fingerprint density at radius 3 is 2.95 bits per heavy atom. The summed E-state index contributed by atoms with van der Waals surface area (Å²) in [5, 5.41) is 16.1. The minimum atomic E-state index is 0.212. The van der Waals surface area contributed by atoms with Crippen molar-refractivity contribution in [1.29, 1.82) is 0 Å². The lowest BCUT2D eigenvalue weighted by Crippen LogP contribution is -2.02. The van der Waals surface area contributed by atoms with Crippen LogP contribution in [-0.2, 0) is 6.54 Å². The molecule has 2 aromatic heterocycles. The number of aromatic hydroxyl groups is 1. The molecule has 21 heavy (non-hydrogen) atoms. The summed E-state index contributed by atoms with van der Waals surface area (Å²) in [6, 6.07) is 11.5. The van der Waals surface area contributed by atoms with Crippen molar-refractivity contribution in [2.75, 3.05) is 5.32 Å². The molecule has 0 saturated heterocycles. The minimum Gasteiger partial charge on any atom is -0.506 e. The first-order valence-corrected chi connectivity index (χ1v) is 7.49. The van der Waals surface area contributed by atoms with Gasteiger partial charge in [0.15, 0.2) is 0 Å². The smallest absolute Gasteiger partial charge is 0.138 e. The number of nitrogens with one attached hydrogen (secondary N) is 1. The molecule has 0 unspecified atom stereocenters. The molecule has 2 heterocycles. The lowest BCUT2D eigenvalue weighted by Gasteiger charge is -2.09. The monoisotopic (exact) mass is 297 g/mol. The highest BCUT2D eigenvalue weighted by Gasteiger charge is 2.05. The molecule has 0 saturated carbocycles. The molecule has 0 spiro atoms. The van der Waals surface area contributed by atoms with Crippen molar-refractivity contribution in [1.82, 2.24) is 9.97 Å². The molecule has 5 heteroatoms. The van der Waals surface area contributed by atoms with Crippen LogP contribution in [0.3, 0.4) is 0 Å². The van der Waals surface area contributed by atoms with Crippen LogP contribution >= 0.6 is 11.3 Å². The van der Waals surface area contributed by atoms with Crippen LogP contribution in [0, 0.1) is 6.92 Å². The summed E-state index contributed by atoms with van der Waals surface area (Å²) in [5.41, 5.74) is 3.60. The van der Waals surface area contributed by atoms with Crippen LogP contribution in [0.15, 0.2) is 48.0 Å². The van der Waals surface area contributed by atoms with Gasteiger partial charge in [0.1, 0.15) is 16.5 Å². The average Bonchev–Trinajstić information content (AvgIpc) is 3.03. The number of aryl methyl sites for hydroxylation is 1. The van der Waals surface area contributed by atoms with E-state index >= 15 is 0 Å². The quantitative estimate of drug-likeness (QED) is 0.768. The van der Waals surface area contributed by atoms with Gasteiger partial charge in [-0.1, -0.05) is 12.1 Å². The average molecular weight is 297 g/mol. The van der Waals surface area contributed by atoms with E-state index in [1.54, 1.807) is 29.7 Å². The maximum atomic E-state index is 9.81. The molecule has 2 N–H and O–H groups in total. The molecule has 3 rings (SSSR count). The van der Waals surface area contributed by atoms with Crippen molar-refractivity contribution < 1.29 is 5.11 Å². The molecule has 0 amide bonds. The summed E-state index contributed by atoms with van der Waals surface area (Å²) in [7, 11) is 0. The highest BCUT2D eigenvalue weighted by Crippen LogP contribution is 2.25. The number of rotatable bonds is 4. The highest BCUT2D eigenvalue weighted by molar-refractivity contribution is 7.13. The minimum absolute atomic E-state index is 0.212. The van der Waals surface area contributed by atoms with Gasteiger partial charge in [-0.15, -0.1) is 11.3 Å². The summed E-state index contributed by atoms with van der Waals surface area (Å²) in [6.45, 7) is 2.39. The van der Waals surface area contributed by atoms with Crippen molar-refractivity contribution >= 4 is 17.0 Å². The van der Waals surface area contributed by atoms with Gasteiger partial charge in [-0.3, -0.25) is 4.98 Å². The van der Waals surface area contributed by atoms with E-state index < -0.39 is 0 Å². The van der Waals surface area contributed by atoms with Gasteiger partial charge in [0.25, 0.3) is 0 Å². The standard InChI is InChI=1S/C16H15N3OS/c1-11-5-6-15(20)14(19-11)10-18-13-4-2-3-12(9-13)16-17-7-8-21-16/h2-9,18,20H,10H2,1H3. The van der Waals surface area contributed by atoms with Crippen LogP contribution in [0.1, 0.15) is 11.4 Å². The first-order chi connectivity index (χ1) is 10.2. The summed E-state index contributed by atoms with van der Waals surface area (Å²) in [6.07, 6.45) is 1.80. The van der Waals surface area contributed by atoms with Crippen molar-refractivity contribution in [2.45, 2.75) is 13.5 Å². The van der Waals surface area contributed by atoms with Gasteiger partial charge in [-0.2, -0.15) is 0 Å². The first kappa shape index (κ1) is 13.6. The molecule has 4 nitrogen and oxygen atoms in total. The van der Waals surface area contributed by atoms with Gasteiger partial charge in [-0.25, -0.2) is 4.98 Å². The van der Waals surface area contributed by atoms with E-state index in [1.807, 2.05) is 36.6 Å². The lowest BCUT2D eigenvalue weighted by molar-refractivity contribution is 0.464. The van der Waals surface area contributed by atoms with E-state index in [-0.39, 0.29) is 5.75 Å². The predicted molar refractivity (Wildman–Crippen MR) is 85.5 cm³/mol. The van der Waals surface area contributed by atoms with E-state index in [0.717, 1.165) is 22.0 Å². The second-order valence-electron chi connectivity index (χ2n) is 4.69. The fourth-order valence-electron chi connectivity index (χ4n) is 2.05. The summed E-state index contributed by atoms with van der Waals surface area (Å²) >= 11 is 1.61. The molecule has 0 bridgehead atoms. The zero-order valence-electron chi connectivity index (χ0n) is 11.6. The number of thiazole rings is 1. The predicted octanol–water partition coefficient (Wildman–Crippen LogP) is 3.83. The number of pyridine rings is 1. The maximum absolute atomic E-state index is 9.81. The van der Waals surface area contributed by atoms with Crippen LogP contribution in [0.5, 0.6) is 5.75 Å². The normalized spacial score (nSPS) is 10.5. The Balaban J connectivity index is 1.76. The molecule has 1 aromatic carbocycles. The SMILES string of the molecule is Cc1ccc(O)c(CNc2cccc(-c3nccs3)c2)n1. The van der Waals surface area contributed by atoms with Gasteiger partial charge in [0.2, 0.25) is 0 Å². The summed E-state index contributed by atoms with van der Waals surface area (Å²) < 4.78 is 0. The molecule has 0 aliphatic heterocycles. The number of hydrogen-bond donors (Lipinski definition) is 2. The zero-order chi connectivity index (χ0) is 14.7. The second kappa shape index (κ2) is 5.93. The Labute approximate surface area is 127 Å². The Hall–Kier alpha value is -2.40. The Kier molecular flexibility index (Phi) is 3.83. The summed E-state index contributed by atoms with van der Waals surface area (Å²) in [4.78, 5) is 8.65. The van der Waals surface area contributed by atoms with Crippen LogP contribution in [-0.4, -0.2) is 15.1 Å². The van der Waals surface area contributed by atoms with Gasteiger partial charge < -0.3 is 10.4 Å². The topological polar surface area (TPSA) is 58.0 Å². The Morgan fingerprint density at radius 2 is 2.14 bits per heavy atom. The Morgan fingerprint density at radius 1 is 1.24 bits per heavy atom. The third kappa shape index (κ3) is 3.20. The number of nitrogens with zero attached hydrogens (tertiary/aromatic N) is 2. The Bertz CT molecular complexity index is 741. The lowest BCUT2D eigenvalue weighted by atomic mass is 10.2. The van der Waals surface area contributed by atoms with E-state index in [1.165, 1.54) is 0 Å². The van der Waals surface area contributed by atoms with E-state index in [0.29, 0.717) is 12.2 Å². The fraction of sp³-hybridized carbons (Fsp3) is 0.125. The highest BCUT2D eigenvalue weighted by atomic mass is 32.1. The third-order valence-electron chi connectivity index (χ3n) is 3.09. The summed E-state index contributed by atoms with van der Waals surface area (Å²) in [5.74, 6) is 0.212. The van der Waals surface area contributed by atoms with Crippen LogP contribution in [0.2, 0.25) is 0 Å². The molecule has 0 aliphatic rings. The number of aromatic nitrogens is 2. The fourth-order valence-corrected chi connectivity index (χ4v) is 2.68. The molecule has 0 radical (unpaired) electrons. The van der Waals surface area contributed by atoms with E-state index in [9.17, 15) is 5.11 Å². The van der Waals surface area contributed by atoms with Crippen molar-refractivity contribution in [3.05, 3.63) is 59.4 Å². The molecule has 106 valence electrons. The van der Waals surface area contributed by atoms with E-state index in [2.05, 4.69) is 15.3 Å². The largest absolute Gasteiger partial charge is 0.506 e. The van der Waals surface area contributed by atoms with Crippen molar-refractivity contribution in [3.63, 3.8) is 0 Å². The number of hydrogen-bond acceptors (Lipinski definition) is 5. The maximum Gasteiger partial charge on any atom is 0.138 e. The first-order valence-electron chi connectivity index (χ1n) is 6.61. The van der Waals surface area contributed by atoms with Gasteiger partial charge in [0, 0.05) is 28.5 Å². The zero-order valence-corrected chi connectivity index (χ0v) is 12.4. The van der Waals surface area contributed by atoms with Crippen molar-refractivity contribution in [2.24, 2.45) is 0 Å². The second-order valence-corrected chi connectivity index (χ2v) is 5.58. The van der Waals surface area contributed by atoms with Gasteiger partial charge in [-0.05, 0) is 31.2 Å². The number of anilines is 1. The molecule has 3 aromatic rings. The van der Waals surface area contributed by atoms with E-state index in [4.69, 9.17) is 0 Å². The third-order valence-corrected chi connectivity index (χ3v) is 3.91. The van der Waals surface area contributed by atoms with Gasteiger partial charge in [0.05, 0.1) is 6.54 Å². The number of benzene rings is 1. The van der Waals surface area contributed by atoms with Crippen molar-refractivity contribution in [3.8, 4) is 16.3 Å². The van der Waals surface area contributed by atoms with Crippen LogP contribution < -0.4 is 5.32 Å². The molecular weight excluding hydrogens is 282 g/mol. The van der Waals surface area contributed by atoms with Crippen LogP contribution in [0.4, 0.5) is 5.69 Å². The molecular formula is C16H15N3OS. The van der Waals surface area contributed by atoms with Gasteiger partial charge >= 0.3 is 0 Å². The molecule has 0 fully saturated rings. The molecule has 0 aliphatic carbocycles. The van der Waals surface area contributed by atoms with Crippen LogP contribution in [0.25, 0.3) is 10.6 Å². The molecule has 0 atom stereocenters.